The molecule has 6 nitrogen and oxygen atoms in total. The van der Waals surface area contributed by atoms with Gasteiger partial charge in [-0.15, -0.1) is 0 Å². The number of aromatic nitrogens is 2. The van der Waals surface area contributed by atoms with Gasteiger partial charge in [0.2, 0.25) is 0 Å². The zero-order chi connectivity index (χ0) is 18.1. The van der Waals surface area contributed by atoms with Crippen molar-refractivity contribution in [3.63, 3.8) is 0 Å². The van der Waals surface area contributed by atoms with Crippen molar-refractivity contribution in [3.05, 3.63) is 83.9 Å². The minimum atomic E-state index is -0.333. The van der Waals surface area contributed by atoms with Crippen molar-refractivity contribution < 1.29 is 19.1 Å². The number of esters is 2. The summed E-state index contributed by atoms with van der Waals surface area (Å²) < 4.78 is 11.0. The summed E-state index contributed by atoms with van der Waals surface area (Å²) in [4.78, 5) is 24.8. The average molecular weight is 340 g/mol. The number of H-pyrrole nitrogens is 1. The zero-order valence-electron chi connectivity index (χ0n) is 14.1. The van der Waals surface area contributed by atoms with E-state index in [2.05, 4.69) is 9.72 Å². The van der Waals surface area contributed by atoms with E-state index >= 15 is 0 Å². The molecular weight excluding hydrogens is 320 g/mol. The number of rotatable bonds is 4. The van der Waals surface area contributed by atoms with Crippen LogP contribution in [0.15, 0.2) is 67.0 Å². The monoisotopic (exact) mass is 340 g/mol. The standard InChI is InChI=1S/C13H13NO2.C6H7NO2/c1-16-13(15)12-8-5-9-14(12)10-11-6-3-2-4-7-11;1-9-6(8)5-3-2-4-7-5/h2-9H,10H2,1H3;2-4,7H,1H3. The molecule has 1 N–H and O–H groups in total. The van der Waals surface area contributed by atoms with Gasteiger partial charge in [0, 0.05) is 18.9 Å². The van der Waals surface area contributed by atoms with Gasteiger partial charge in [-0.25, -0.2) is 9.59 Å². The fraction of sp³-hybridized carbons (Fsp3) is 0.158. The summed E-state index contributed by atoms with van der Waals surface area (Å²) in [5.74, 6) is -0.638. The second-order valence-corrected chi connectivity index (χ2v) is 5.07. The van der Waals surface area contributed by atoms with Crippen LogP contribution in [0, 0.1) is 0 Å². The Morgan fingerprint density at radius 2 is 1.64 bits per heavy atom. The molecule has 1 aromatic carbocycles. The zero-order valence-corrected chi connectivity index (χ0v) is 14.1. The number of carbonyl (C=O) groups excluding carboxylic acids is 2. The average Bonchev–Trinajstić information content (AvgIpc) is 3.34. The highest BCUT2D eigenvalue weighted by atomic mass is 16.5. The molecule has 0 unspecified atom stereocenters. The summed E-state index contributed by atoms with van der Waals surface area (Å²) >= 11 is 0. The highest BCUT2D eigenvalue weighted by Crippen LogP contribution is 2.08. The fourth-order valence-corrected chi connectivity index (χ4v) is 2.19. The third kappa shape index (κ3) is 5.10. The predicted molar refractivity (Wildman–Crippen MR) is 93.4 cm³/mol. The van der Waals surface area contributed by atoms with Crippen LogP contribution in [-0.4, -0.2) is 35.7 Å². The molecule has 0 aliphatic carbocycles. The van der Waals surface area contributed by atoms with Gasteiger partial charge in [0.25, 0.3) is 0 Å². The Bertz CT molecular complexity index is 792. The third-order valence-electron chi connectivity index (χ3n) is 3.42. The third-order valence-corrected chi connectivity index (χ3v) is 3.42. The molecule has 6 heteroatoms. The summed E-state index contributed by atoms with van der Waals surface area (Å²) in [6.45, 7) is 0.679. The molecule has 0 saturated heterocycles. The van der Waals surface area contributed by atoms with E-state index in [9.17, 15) is 9.59 Å². The lowest BCUT2D eigenvalue weighted by Crippen LogP contribution is -2.10. The van der Waals surface area contributed by atoms with Crippen molar-refractivity contribution in [1.29, 1.82) is 0 Å². The fourth-order valence-electron chi connectivity index (χ4n) is 2.19. The Kier molecular flexibility index (Phi) is 6.59. The number of nitrogens with zero attached hydrogens (tertiary/aromatic N) is 1. The highest BCUT2D eigenvalue weighted by Gasteiger charge is 2.10. The first-order valence-corrected chi connectivity index (χ1v) is 7.64. The van der Waals surface area contributed by atoms with E-state index in [0.717, 1.165) is 5.56 Å². The van der Waals surface area contributed by atoms with E-state index in [1.165, 1.54) is 14.2 Å². The van der Waals surface area contributed by atoms with Crippen LogP contribution in [0.25, 0.3) is 0 Å². The summed E-state index contributed by atoms with van der Waals surface area (Å²) in [5.41, 5.74) is 2.22. The first-order valence-electron chi connectivity index (χ1n) is 7.64. The molecule has 0 saturated carbocycles. The van der Waals surface area contributed by atoms with Crippen molar-refractivity contribution in [2.45, 2.75) is 6.54 Å². The lowest BCUT2D eigenvalue weighted by molar-refractivity contribution is 0.0582. The molecule has 3 aromatic rings. The van der Waals surface area contributed by atoms with Crippen LogP contribution in [0.4, 0.5) is 0 Å². The van der Waals surface area contributed by atoms with E-state index < -0.39 is 0 Å². The van der Waals surface area contributed by atoms with Crippen LogP contribution >= 0.6 is 0 Å². The summed E-state index contributed by atoms with van der Waals surface area (Å²) in [6.07, 6.45) is 3.55. The first-order chi connectivity index (χ1) is 12.2. The van der Waals surface area contributed by atoms with Gasteiger partial charge in [-0.2, -0.15) is 0 Å². The summed E-state index contributed by atoms with van der Waals surface area (Å²) in [6, 6.07) is 17.0. The van der Waals surface area contributed by atoms with Gasteiger partial charge in [-0.3, -0.25) is 0 Å². The Hall–Kier alpha value is -3.28. The van der Waals surface area contributed by atoms with Gasteiger partial charge in [-0.1, -0.05) is 30.3 Å². The second-order valence-electron chi connectivity index (χ2n) is 5.07. The molecule has 3 rings (SSSR count). The van der Waals surface area contributed by atoms with E-state index in [1.54, 1.807) is 24.4 Å². The smallest absolute Gasteiger partial charge is 0.354 e. The molecule has 2 aromatic heterocycles. The van der Waals surface area contributed by atoms with Gasteiger partial charge in [0.1, 0.15) is 11.4 Å². The molecular formula is C19H20N2O4. The minimum Gasteiger partial charge on any atom is -0.464 e. The lowest BCUT2D eigenvalue weighted by Gasteiger charge is -2.07. The van der Waals surface area contributed by atoms with Gasteiger partial charge in [0.15, 0.2) is 0 Å². The molecule has 0 amide bonds. The normalized spacial score (nSPS) is 9.68. The summed E-state index contributed by atoms with van der Waals surface area (Å²) in [5, 5.41) is 0. The topological polar surface area (TPSA) is 73.3 Å². The number of nitrogens with one attached hydrogen (secondary N) is 1. The number of ether oxygens (including phenoxy) is 2. The van der Waals surface area contributed by atoms with Gasteiger partial charge >= 0.3 is 11.9 Å². The van der Waals surface area contributed by atoms with Crippen molar-refractivity contribution in [3.8, 4) is 0 Å². The quantitative estimate of drug-likeness (QED) is 0.741. The van der Waals surface area contributed by atoms with Crippen molar-refractivity contribution in [2.75, 3.05) is 14.2 Å². The van der Waals surface area contributed by atoms with Crippen molar-refractivity contribution in [2.24, 2.45) is 0 Å². The molecule has 25 heavy (non-hydrogen) atoms. The highest BCUT2D eigenvalue weighted by molar-refractivity contribution is 5.87. The van der Waals surface area contributed by atoms with E-state index in [4.69, 9.17) is 4.74 Å². The van der Waals surface area contributed by atoms with E-state index in [1.807, 2.05) is 47.2 Å². The van der Waals surface area contributed by atoms with Crippen molar-refractivity contribution >= 4 is 11.9 Å². The minimum absolute atomic E-state index is 0.305. The van der Waals surface area contributed by atoms with Crippen LogP contribution in [0.3, 0.4) is 0 Å². The molecule has 0 aliphatic rings. The number of hydrogen-bond donors (Lipinski definition) is 1. The van der Waals surface area contributed by atoms with Crippen LogP contribution in [0.5, 0.6) is 0 Å². The van der Waals surface area contributed by atoms with Crippen molar-refractivity contribution in [1.82, 2.24) is 9.55 Å². The number of aromatic amines is 1. The van der Waals surface area contributed by atoms with Crippen LogP contribution in [0.2, 0.25) is 0 Å². The van der Waals surface area contributed by atoms with Crippen LogP contribution in [-0.2, 0) is 16.0 Å². The molecule has 0 atom stereocenters. The number of hydrogen-bond acceptors (Lipinski definition) is 4. The Balaban J connectivity index is 0.000000212. The molecule has 0 radical (unpaired) electrons. The molecule has 130 valence electrons. The molecule has 2 heterocycles. The predicted octanol–water partition coefficient (Wildman–Crippen LogP) is 3.12. The largest absolute Gasteiger partial charge is 0.464 e. The number of methoxy groups -OCH3 is 2. The molecule has 0 spiro atoms. The Morgan fingerprint density at radius 3 is 2.24 bits per heavy atom. The number of benzene rings is 1. The maximum absolute atomic E-state index is 11.4. The molecule has 0 bridgehead atoms. The van der Waals surface area contributed by atoms with E-state index in [0.29, 0.717) is 17.9 Å². The SMILES string of the molecule is COC(=O)c1ccc[nH]1.COC(=O)c1cccn1Cc1ccccc1. The summed E-state index contributed by atoms with van der Waals surface area (Å²) in [7, 11) is 2.74. The number of carbonyl (C=O) groups is 2. The maximum Gasteiger partial charge on any atom is 0.354 e. The second kappa shape index (κ2) is 9.12. The maximum atomic E-state index is 11.4. The van der Waals surface area contributed by atoms with Gasteiger partial charge in [-0.05, 0) is 29.8 Å². The van der Waals surface area contributed by atoms with E-state index in [-0.39, 0.29) is 11.9 Å². The van der Waals surface area contributed by atoms with Gasteiger partial charge < -0.3 is 19.0 Å². The molecule has 0 fully saturated rings. The first kappa shape index (κ1) is 18.1. The van der Waals surface area contributed by atoms with Gasteiger partial charge in [0.05, 0.1) is 14.2 Å². The Labute approximate surface area is 146 Å². The van der Waals surface area contributed by atoms with Crippen LogP contribution < -0.4 is 0 Å². The molecule has 0 aliphatic heterocycles. The Morgan fingerprint density at radius 1 is 0.920 bits per heavy atom. The van der Waals surface area contributed by atoms with Crippen LogP contribution in [0.1, 0.15) is 26.5 Å². The lowest BCUT2D eigenvalue weighted by atomic mass is 10.2.